The molecule has 0 bridgehead atoms. The second-order valence-corrected chi connectivity index (χ2v) is 6.96. The summed E-state index contributed by atoms with van der Waals surface area (Å²) >= 11 is 11.3. The lowest BCUT2D eigenvalue weighted by Crippen LogP contribution is -2.45. The number of nitrogens with one attached hydrogen (secondary N) is 3. The third-order valence-electron chi connectivity index (χ3n) is 4.34. The molecule has 2 aromatic carbocycles. The lowest BCUT2D eigenvalue weighted by atomic mass is 9.94. The molecule has 6 nitrogen and oxygen atoms in total. The van der Waals surface area contributed by atoms with E-state index >= 15 is 0 Å². The molecule has 3 rings (SSSR count). The van der Waals surface area contributed by atoms with E-state index in [0.717, 1.165) is 5.56 Å². The van der Waals surface area contributed by atoms with Crippen LogP contribution in [0.2, 0.25) is 5.02 Å². The number of para-hydroxylation sites is 1. The Hall–Kier alpha value is -2.77. The first-order chi connectivity index (χ1) is 13.4. The highest BCUT2D eigenvalue weighted by atomic mass is 35.5. The van der Waals surface area contributed by atoms with E-state index < -0.39 is 6.04 Å². The number of benzene rings is 2. The van der Waals surface area contributed by atoms with Crippen LogP contribution in [0, 0.1) is 0 Å². The summed E-state index contributed by atoms with van der Waals surface area (Å²) in [4.78, 5) is 13.1. The molecule has 1 heterocycles. The Kier molecular flexibility index (Phi) is 6.06. The maximum atomic E-state index is 13.1. The fourth-order valence-corrected chi connectivity index (χ4v) is 3.59. The van der Waals surface area contributed by atoms with Gasteiger partial charge in [-0.05, 0) is 43.4 Å². The Labute approximate surface area is 173 Å². The van der Waals surface area contributed by atoms with E-state index in [2.05, 4.69) is 16.0 Å². The van der Waals surface area contributed by atoms with Crippen molar-refractivity contribution in [1.82, 2.24) is 10.6 Å². The van der Waals surface area contributed by atoms with Gasteiger partial charge in [0.25, 0.3) is 5.91 Å². The highest BCUT2D eigenvalue weighted by Gasteiger charge is 2.32. The number of rotatable bonds is 5. The van der Waals surface area contributed by atoms with Crippen molar-refractivity contribution >= 4 is 40.5 Å². The molecule has 0 spiro atoms. The van der Waals surface area contributed by atoms with Crippen LogP contribution in [0.25, 0.3) is 0 Å². The molecule has 3 N–H and O–H groups in total. The standard InChI is InChI=1S/C20H20ClN3O3S/c1-11-16(19(25)23-13-7-4-6-12(21)10-13)17(24-20(28)22-11)14-8-5-9-15(26-2)18(14)27-3/h4-10,17H,1-3H3,(H,23,25)(H2,22,24,28). The summed E-state index contributed by atoms with van der Waals surface area (Å²) in [5, 5.41) is 10.0. The summed E-state index contributed by atoms with van der Waals surface area (Å²) in [6, 6.07) is 12.0. The minimum absolute atomic E-state index is 0.280. The van der Waals surface area contributed by atoms with Gasteiger partial charge in [0.2, 0.25) is 0 Å². The van der Waals surface area contributed by atoms with Gasteiger partial charge in [-0.1, -0.05) is 29.8 Å². The molecule has 1 aliphatic rings. The van der Waals surface area contributed by atoms with Crippen molar-refractivity contribution in [3.05, 3.63) is 64.3 Å². The number of halogens is 1. The number of anilines is 1. The summed E-state index contributed by atoms with van der Waals surface area (Å²) in [6.45, 7) is 1.81. The molecule has 0 saturated heterocycles. The number of amides is 1. The Morgan fingerprint density at radius 2 is 1.93 bits per heavy atom. The molecule has 0 fully saturated rings. The van der Waals surface area contributed by atoms with E-state index in [4.69, 9.17) is 33.3 Å². The van der Waals surface area contributed by atoms with Gasteiger partial charge in [0.15, 0.2) is 16.6 Å². The largest absolute Gasteiger partial charge is 0.493 e. The van der Waals surface area contributed by atoms with Gasteiger partial charge in [-0.2, -0.15) is 0 Å². The van der Waals surface area contributed by atoms with Crippen molar-refractivity contribution in [2.24, 2.45) is 0 Å². The van der Waals surface area contributed by atoms with Crippen LogP contribution in [0.1, 0.15) is 18.5 Å². The molecule has 1 aliphatic heterocycles. The van der Waals surface area contributed by atoms with Crippen LogP contribution in [0.3, 0.4) is 0 Å². The Balaban J connectivity index is 2.03. The van der Waals surface area contributed by atoms with Gasteiger partial charge in [0.1, 0.15) is 0 Å². The van der Waals surface area contributed by atoms with E-state index in [1.54, 1.807) is 51.5 Å². The maximum absolute atomic E-state index is 13.1. The second kappa shape index (κ2) is 8.50. The zero-order valence-corrected chi connectivity index (χ0v) is 17.2. The molecule has 0 aromatic heterocycles. The van der Waals surface area contributed by atoms with Gasteiger partial charge in [-0.3, -0.25) is 4.79 Å². The number of ether oxygens (including phenoxy) is 2. The van der Waals surface area contributed by atoms with E-state index in [1.807, 2.05) is 12.1 Å². The number of allylic oxidation sites excluding steroid dienone is 1. The van der Waals surface area contributed by atoms with E-state index in [9.17, 15) is 4.79 Å². The molecular formula is C20H20ClN3O3S. The normalized spacial score (nSPS) is 16.1. The monoisotopic (exact) mass is 417 g/mol. The third-order valence-corrected chi connectivity index (χ3v) is 4.80. The van der Waals surface area contributed by atoms with Gasteiger partial charge in [0, 0.05) is 22.0 Å². The predicted octanol–water partition coefficient (Wildman–Crippen LogP) is 3.79. The van der Waals surface area contributed by atoms with Crippen molar-refractivity contribution in [1.29, 1.82) is 0 Å². The Morgan fingerprint density at radius 1 is 1.18 bits per heavy atom. The van der Waals surface area contributed by atoms with Crippen molar-refractivity contribution in [3.63, 3.8) is 0 Å². The average Bonchev–Trinajstić information content (AvgIpc) is 2.66. The van der Waals surface area contributed by atoms with Gasteiger partial charge in [-0.25, -0.2) is 0 Å². The van der Waals surface area contributed by atoms with Gasteiger partial charge >= 0.3 is 0 Å². The van der Waals surface area contributed by atoms with Crippen molar-refractivity contribution in [2.75, 3.05) is 19.5 Å². The predicted molar refractivity (Wildman–Crippen MR) is 114 cm³/mol. The molecule has 2 aromatic rings. The Morgan fingerprint density at radius 3 is 2.61 bits per heavy atom. The highest BCUT2D eigenvalue weighted by Crippen LogP contribution is 2.39. The fraction of sp³-hybridized carbons (Fsp3) is 0.200. The van der Waals surface area contributed by atoms with Crippen LogP contribution in [-0.2, 0) is 4.79 Å². The van der Waals surface area contributed by atoms with Crippen LogP contribution < -0.4 is 25.4 Å². The van der Waals surface area contributed by atoms with Gasteiger partial charge in [-0.15, -0.1) is 0 Å². The number of thiocarbonyl (C=S) groups is 1. The maximum Gasteiger partial charge on any atom is 0.255 e. The van der Waals surface area contributed by atoms with Crippen LogP contribution in [0.5, 0.6) is 11.5 Å². The Bertz CT molecular complexity index is 961. The van der Waals surface area contributed by atoms with Gasteiger partial charge < -0.3 is 25.4 Å². The quantitative estimate of drug-likeness (QED) is 0.643. The minimum atomic E-state index is -0.516. The van der Waals surface area contributed by atoms with E-state index in [1.165, 1.54) is 0 Å². The summed E-state index contributed by atoms with van der Waals surface area (Å²) in [7, 11) is 3.12. The SMILES string of the molecule is COc1cccc(C2NC(=S)NC(C)=C2C(=O)Nc2cccc(Cl)c2)c1OC. The number of carbonyl (C=O) groups excluding carboxylic acids is 1. The fourth-order valence-electron chi connectivity index (χ4n) is 3.13. The summed E-state index contributed by atoms with van der Waals surface area (Å²) < 4.78 is 10.9. The van der Waals surface area contributed by atoms with Crippen LogP contribution in [0.4, 0.5) is 5.69 Å². The first-order valence-electron chi connectivity index (χ1n) is 8.50. The van der Waals surface area contributed by atoms with E-state index in [0.29, 0.717) is 38.6 Å². The number of carbonyl (C=O) groups is 1. The van der Waals surface area contributed by atoms with Crippen molar-refractivity contribution < 1.29 is 14.3 Å². The molecule has 1 atom stereocenters. The smallest absolute Gasteiger partial charge is 0.255 e. The molecule has 0 saturated carbocycles. The van der Waals surface area contributed by atoms with Crippen LogP contribution >= 0.6 is 23.8 Å². The molecular weight excluding hydrogens is 398 g/mol. The number of hydrogen-bond acceptors (Lipinski definition) is 4. The third kappa shape index (κ3) is 4.05. The first kappa shape index (κ1) is 20.0. The summed E-state index contributed by atoms with van der Waals surface area (Å²) in [5.74, 6) is 0.823. The molecule has 0 radical (unpaired) electrons. The van der Waals surface area contributed by atoms with Crippen LogP contribution in [-0.4, -0.2) is 25.2 Å². The topological polar surface area (TPSA) is 71.6 Å². The number of methoxy groups -OCH3 is 2. The summed E-state index contributed by atoms with van der Waals surface area (Å²) in [5.41, 5.74) is 2.47. The first-order valence-corrected chi connectivity index (χ1v) is 9.29. The number of hydrogen-bond donors (Lipinski definition) is 3. The zero-order valence-electron chi connectivity index (χ0n) is 15.6. The van der Waals surface area contributed by atoms with Crippen LogP contribution in [0.15, 0.2) is 53.7 Å². The molecule has 0 aliphatic carbocycles. The van der Waals surface area contributed by atoms with E-state index in [-0.39, 0.29) is 5.91 Å². The molecule has 28 heavy (non-hydrogen) atoms. The molecule has 146 valence electrons. The highest BCUT2D eigenvalue weighted by molar-refractivity contribution is 7.80. The van der Waals surface area contributed by atoms with Crippen molar-refractivity contribution in [2.45, 2.75) is 13.0 Å². The minimum Gasteiger partial charge on any atom is -0.493 e. The molecule has 8 heteroatoms. The average molecular weight is 418 g/mol. The zero-order chi connectivity index (χ0) is 20.3. The lowest BCUT2D eigenvalue weighted by Gasteiger charge is -2.31. The summed E-state index contributed by atoms with van der Waals surface area (Å²) in [6.07, 6.45) is 0. The van der Waals surface area contributed by atoms with Crippen molar-refractivity contribution in [3.8, 4) is 11.5 Å². The molecule has 1 unspecified atom stereocenters. The lowest BCUT2D eigenvalue weighted by molar-refractivity contribution is -0.113. The van der Waals surface area contributed by atoms with Gasteiger partial charge in [0.05, 0.1) is 25.8 Å². The molecule has 1 amide bonds. The second-order valence-electron chi connectivity index (χ2n) is 6.12.